The van der Waals surface area contributed by atoms with Crippen molar-refractivity contribution in [2.75, 3.05) is 5.32 Å². The summed E-state index contributed by atoms with van der Waals surface area (Å²) in [4.78, 5) is 24.8. The summed E-state index contributed by atoms with van der Waals surface area (Å²) in [6.07, 6.45) is 0.422. The van der Waals surface area contributed by atoms with Gasteiger partial charge in [0.15, 0.2) is 11.4 Å². The number of hydrogen-bond acceptors (Lipinski definition) is 3. The molecule has 0 aromatic heterocycles. The van der Waals surface area contributed by atoms with Crippen LogP contribution in [0.15, 0.2) is 42.5 Å². The summed E-state index contributed by atoms with van der Waals surface area (Å²) < 4.78 is 0. The number of halogens is 1. The van der Waals surface area contributed by atoms with Gasteiger partial charge in [0.1, 0.15) is 0 Å². The Labute approximate surface area is 139 Å². The average molecular weight is 330 g/mol. The van der Waals surface area contributed by atoms with Crippen LogP contribution in [-0.4, -0.2) is 16.8 Å². The fourth-order valence-corrected chi connectivity index (χ4v) is 3.00. The second-order valence-corrected chi connectivity index (χ2v) is 6.05. The van der Waals surface area contributed by atoms with E-state index in [1.165, 1.54) is 0 Å². The van der Waals surface area contributed by atoms with Gasteiger partial charge in [-0.15, -0.1) is 0 Å². The minimum Gasteiger partial charge on any atom is -0.375 e. The van der Waals surface area contributed by atoms with Crippen LogP contribution in [0, 0.1) is 0 Å². The number of Topliss-reactive ketones (excluding diaryl/α,β-unsaturated/α-hetero) is 1. The molecule has 1 aliphatic rings. The first-order valence-electron chi connectivity index (χ1n) is 7.40. The van der Waals surface area contributed by atoms with Crippen molar-refractivity contribution in [3.05, 3.63) is 64.2 Å². The topological polar surface area (TPSA) is 66.4 Å². The van der Waals surface area contributed by atoms with E-state index in [1.54, 1.807) is 36.4 Å². The molecule has 0 saturated heterocycles. The molecule has 0 aliphatic carbocycles. The largest absolute Gasteiger partial charge is 0.375 e. The smallest absolute Gasteiger partial charge is 0.261 e. The molecule has 1 aliphatic heterocycles. The first-order valence-corrected chi connectivity index (χ1v) is 7.78. The maximum absolute atomic E-state index is 12.4. The highest BCUT2D eigenvalue weighted by Crippen LogP contribution is 2.41. The Morgan fingerprint density at radius 2 is 1.91 bits per heavy atom. The van der Waals surface area contributed by atoms with Crippen molar-refractivity contribution >= 4 is 29.0 Å². The fourth-order valence-electron chi connectivity index (χ4n) is 2.87. The van der Waals surface area contributed by atoms with E-state index in [0.29, 0.717) is 21.8 Å². The summed E-state index contributed by atoms with van der Waals surface area (Å²) in [6, 6.07) is 11.8. The zero-order valence-electron chi connectivity index (χ0n) is 12.6. The van der Waals surface area contributed by atoms with Crippen molar-refractivity contribution in [3.63, 3.8) is 0 Å². The lowest BCUT2D eigenvalue weighted by Gasteiger charge is -2.20. The molecule has 4 nitrogen and oxygen atoms in total. The van der Waals surface area contributed by atoms with E-state index in [9.17, 15) is 14.7 Å². The second kappa shape index (κ2) is 5.80. The summed E-state index contributed by atoms with van der Waals surface area (Å²) in [5, 5.41) is 14.1. The van der Waals surface area contributed by atoms with E-state index < -0.39 is 11.5 Å². The molecule has 2 aromatic carbocycles. The van der Waals surface area contributed by atoms with Crippen molar-refractivity contribution in [2.45, 2.75) is 25.4 Å². The Bertz CT molecular complexity index is 785. The van der Waals surface area contributed by atoms with Crippen molar-refractivity contribution in [1.29, 1.82) is 0 Å². The SMILES string of the molecule is CCc1cccc2c1NC(=O)C2(O)CC(=O)c1ccc(Cl)cc1. The van der Waals surface area contributed by atoms with Crippen molar-refractivity contribution in [1.82, 2.24) is 0 Å². The lowest BCUT2D eigenvalue weighted by Crippen LogP contribution is -2.36. The molecule has 1 heterocycles. The van der Waals surface area contributed by atoms with Gasteiger partial charge in [-0.05, 0) is 36.2 Å². The highest BCUT2D eigenvalue weighted by molar-refractivity contribution is 6.30. The monoisotopic (exact) mass is 329 g/mol. The number of amides is 1. The number of nitrogens with one attached hydrogen (secondary N) is 1. The van der Waals surface area contributed by atoms with E-state index in [2.05, 4.69) is 5.32 Å². The van der Waals surface area contributed by atoms with Crippen LogP contribution >= 0.6 is 11.6 Å². The van der Waals surface area contributed by atoms with Gasteiger partial charge in [-0.2, -0.15) is 0 Å². The number of ketones is 1. The molecular formula is C18H16ClNO3. The van der Waals surface area contributed by atoms with Crippen LogP contribution in [0.3, 0.4) is 0 Å². The summed E-state index contributed by atoms with van der Waals surface area (Å²) in [7, 11) is 0. The normalized spacial score (nSPS) is 19.3. The Morgan fingerprint density at radius 3 is 2.57 bits per heavy atom. The van der Waals surface area contributed by atoms with Crippen LogP contribution in [0.25, 0.3) is 0 Å². The van der Waals surface area contributed by atoms with Crippen molar-refractivity contribution < 1.29 is 14.7 Å². The molecule has 23 heavy (non-hydrogen) atoms. The van der Waals surface area contributed by atoms with Crippen molar-refractivity contribution in [2.24, 2.45) is 0 Å². The third-order valence-electron chi connectivity index (χ3n) is 4.17. The van der Waals surface area contributed by atoms with Gasteiger partial charge in [0.25, 0.3) is 5.91 Å². The Hall–Kier alpha value is -2.17. The molecule has 0 saturated carbocycles. The van der Waals surface area contributed by atoms with Gasteiger partial charge < -0.3 is 10.4 Å². The quantitative estimate of drug-likeness (QED) is 0.846. The predicted molar refractivity (Wildman–Crippen MR) is 88.7 cm³/mol. The molecule has 1 atom stereocenters. The molecule has 2 aromatic rings. The van der Waals surface area contributed by atoms with Gasteiger partial charge in [0.05, 0.1) is 12.1 Å². The zero-order valence-corrected chi connectivity index (χ0v) is 13.4. The van der Waals surface area contributed by atoms with E-state index >= 15 is 0 Å². The molecule has 118 valence electrons. The van der Waals surface area contributed by atoms with Crippen LogP contribution < -0.4 is 5.32 Å². The molecule has 0 radical (unpaired) electrons. The molecular weight excluding hydrogens is 314 g/mol. The van der Waals surface area contributed by atoms with E-state index in [0.717, 1.165) is 12.0 Å². The first-order chi connectivity index (χ1) is 11.0. The number of rotatable bonds is 4. The Morgan fingerprint density at radius 1 is 1.22 bits per heavy atom. The highest BCUT2D eigenvalue weighted by atomic mass is 35.5. The molecule has 1 amide bonds. The number of hydrogen-bond donors (Lipinski definition) is 2. The van der Waals surface area contributed by atoms with Gasteiger partial charge in [-0.1, -0.05) is 36.7 Å². The molecule has 1 unspecified atom stereocenters. The van der Waals surface area contributed by atoms with Crippen LogP contribution in [0.5, 0.6) is 0 Å². The number of benzene rings is 2. The third-order valence-corrected chi connectivity index (χ3v) is 4.43. The Balaban J connectivity index is 1.95. The standard InChI is InChI=1S/C18H16ClNO3/c1-2-11-4-3-5-14-16(11)20-17(22)18(14,23)10-15(21)12-6-8-13(19)9-7-12/h3-9,23H,2,10H2,1H3,(H,20,22). The van der Waals surface area contributed by atoms with Crippen LogP contribution in [0.1, 0.15) is 34.8 Å². The summed E-state index contributed by atoms with van der Waals surface area (Å²) in [6.45, 7) is 1.97. The predicted octanol–water partition coefficient (Wildman–Crippen LogP) is 3.32. The van der Waals surface area contributed by atoms with Gasteiger partial charge in [-0.3, -0.25) is 9.59 Å². The minimum atomic E-state index is -1.84. The van der Waals surface area contributed by atoms with E-state index in [1.807, 2.05) is 13.0 Å². The highest BCUT2D eigenvalue weighted by Gasteiger charge is 2.47. The van der Waals surface area contributed by atoms with E-state index in [4.69, 9.17) is 11.6 Å². The van der Waals surface area contributed by atoms with Crippen molar-refractivity contribution in [3.8, 4) is 0 Å². The van der Waals surface area contributed by atoms with Gasteiger partial charge in [-0.25, -0.2) is 0 Å². The number of carbonyl (C=O) groups is 2. The minimum absolute atomic E-state index is 0.305. The molecule has 2 N–H and O–H groups in total. The number of carbonyl (C=O) groups excluding carboxylic acids is 2. The summed E-state index contributed by atoms with van der Waals surface area (Å²) >= 11 is 5.81. The molecule has 5 heteroatoms. The van der Waals surface area contributed by atoms with Gasteiger partial charge in [0.2, 0.25) is 0 Å². The maximum Gasteiger partial charge on any atom is 0.261 e. The zero-order chi connectivity index (χ0) is 16.6. The lowest BCUT2D eigenvalue weighted by molar-refractivity contribution is -0.133. The third kappa shape index (κ3) is 2.64. The average Bonchev–Trinajstić information content (AvgIpc) is 2.79. The number of fused-ring (bicyclic) bond motifs is 1. The Kier molecular flexibility index (Phi) is 3.96. The lowest BCUT2D eigenvalue weighted by atomic mass is 9.87. The summed E-state index contributed by atoms with van der Waals surface area (Å²) in [5.74, 6) is -0.871. The fraction of sp³-hybridized carbons (Fsp3) is 0.222. The first kappa shape index (κ1) is 15.7. The van der Waals surface area contributed by atoms with Crippen LogP contribution in [0.2, 0.25) is 5.02 Å². The molecule has 0 spiro atoms. The van der Waals surface area contributed by atoms with Crippen LogP contribution in [0.4, 0.5) is 5.69 Å². The second-order valence-electron chi connectivity index (χ2n) is 5.61. The maximum atomic E-state index is 12.4. The molecule has 0 fully saturated rings. The molecule has 3 rings (SSSR count). The number of aliphatic hydroxyl groups is 1. The number of aryl methyl sites for hydroxylation is 1. The van der Waals surface area contributed by atoms with Gasteiger partial charge >= 0.3 is 0 Å². The van der Waals surface area contributed by atoms with Crippen LogP contribution in [-0.2, 0) is 16.8 Å². The summed E-state index contributed by atoms with van der Waals surface area (Å²) in [5.41, 5.74) is 0.592. The van der Waals surface area contributed by atoms with Gasteiger partial charge in [0, 0.05) is 16.1 Å². The number of anilines is 1. The number of para-hydroxylation sites is 1. The molecule has 0 bridgehead atoms. The van der Waals surface area contributed by atoms with E-state index in [-0.39, 0.29) is 12.2 Å².